The van der Waals surface area contributed by atoms with Crippen molar-refractivity contribution in [1.29, 1.82) is 0 Å². The highest BCUT2D eigenvalue weighted by Gasteiger charge is 2.41. The van der Waals surface area contributed by atoms with Crippen molar-refractivity contribution in [2.24, 2.45) is 11.1 Å². The summed E-state index contributed by atoms with van der Waals surface area (Å²) in [6.45, 7) is 3.85. The van der Waals surface area contributed by atoms with Gasteiger partial charge >= 0.3 is 0 Å². The zero-order valence-electron chi connectivity index (χ0n) is 10.6. The van der Waals surface area contributed by atoms with Crippen molar-refractivity contribution in [2.75, 3.05) is 18.4 Å². The van der Waals surface area contributed by atoms with Crippen LogP contribution in [0.4, 0.5) is 5.82 Å². The Morgan fingerprint density at radius 2 is 2.28 bits per heavy atom. The van der Waals surface area contributed by atoms with E-state index in [0.717, 1.165) is 30.8 Å². The lowest BCUT2D eigenvalue weighted by atomic mass is 10.0. The number of aromatic nitrogens is 2. The van der Waals surface area contributed by atoms with Crippen LogP contribution in [-0.2, 0) is 0 Å². The van der Waals surface area contributed by atoms with Crippen LogP contribution in [0.5, 0.6) is 0 Å². The SMILES string of the molecule is Cc1csc2c(NCC3(CCN)CC3)ncnc12. The third-order valence-corrected chi connectivity index (χ3v) is 4.89. The van der Waals surface area contributed by atoms with Gasteiger partial charge in [0.2, 0.25) is 0 Å². The number of rotatable bonds is 5. The Labute approximate surface area is 111 Å². The fraction of sp³-hybridized carbons (Fsp3) is 0.538. The van der Waals surface area contributed by atoms with Gasteiger partial charge in [0.25, 0.3) is 0 Å². The summed E-state index contributed by atoms with van der Waals surface area (Å²) in [7, 11) is 0. The van der Waals surface area contributed by atoms with Crippen molar-refractivity contribution >= 4 is 27.4 Å². The molecule has 5 heteroatoms. The van der Waals surface area contributed by atoms with Gasteiger partial charge in [-0.05, 0) is 49.1 Å². The molecule has 2 aromatic rings. The molecule has 1 aliphatic rings. The molecule has 1 saturated carbocycles. The van der Waals surface area contributed by atoms with Gasteiger partial charge < -0.3 is 11.1 Å². The summed E-state index contributed by atoms with van der Waals surface area (Å²) in [6.07, 6.45) is 5.33. The van der Waals surface area contributed by atoms with E-state index < -0.39 is 0 Å². The van der Waals surface area contributed by atoms with Gasteiger partial charge in [-0.2, -0.15) is 0 Å². The zero-order valence-corrected chi connectivity index (χ0v) is 11.4. The molecule has 0 unspecified atom stereocenters. The number of thiophene rings is 1. The molecular formula is C13H18N4S. The van der Waals surface area contributed by atoms with Crippen LogP contribution in [0.25, 0.3) is 10.2 Å². The predicted octanol–water partition coefficient (Wildman–Crippen LogP) is 2.54. The summed E-state index contributed by atoms with van der Waals surface area (Å²) < 4.78 is 1.17. The van der Waals surface area contributed by atoms with E-state index in [-0.39, 0.29) is 0 Å². The lowest BCUT2D eigenvalue weighted by Crippen LogP contribution is -2.19. The predicted molar refractivity (Wildman–Crippen MR) is 76.0 cm³/mol. The van der Waals surface area contributed by atoms with Crippen LogP contribution < -0.4 is 11.1 Å². The highest BCUT2D eigenvalue weighted by atomic mass is 32.1. The summed E-state index contributed by atoms with van der Waals surface area (Å²) in [5.74, 6) is 0.974. The molecule has 1 fully saturated rings. The van der Waals surface area contributed by atoms with Crippen LogP contribution in [0.3, 0.4) is 0 Å². The molecule has 4 nitrogen and oxygen atoms in total. The fourth-order valence-electron chi connectivity index (χ4n) is 2.36. The maximum atomic E-state index is 5.67. The van der Waals surface area contributed by atoms with Crippen LogP contribution in [0.15, 0.2) is 11.7 Å². The minimum Gasteiger partial charge on any atom is -0.368 e. The monoisotopic (exact) mass is 262 g/mol. The van der Waals surface area contributed by atoms with E-state index in [2.05, 4.69) is 27.6 Å². The maximum absolute atomic E-state index is 5.67. The second kappa shape index (κ2) is 4.48. The van der Waals surface area contributed by atoms with Crippen LogP contribution in [-0.4, -0.2) is 23.1 Å². The maximum Gasteiger partial charge on any atom is 0.147 e. The highest BCUT2D eigenvalue weighted by Crippen LogP contribution is 2.48. The number of aryl methyl sites for hydroxylation is 1. The second-order valence-corrected chi connectivity index (χ2v) is 6.09. The van der Waals surface area contributed by atoms with Crippen molar-refractivity contribution in [3.05, 3.63) is 17.3 Å². The van der Waals surface area contributed by atoms with Gasteiger partial charge in [0, 0.05) is 6.54 Å². The second-order valence-electron chi connectivity index (χ2n) is 5.21. The first kappa shape index (κ1) is 11.9. The standard InChI is InChI=1S/C13H18N4S/c1-9-6-18-11-10(9)16-8-17-12(11)15-7-13(2-3-13)4-5-14/h6,8H,2-5,7,14H2,1H3,(H,15,16,17). The first-order chi connectivity index (χ1) is 8.74. The van der Waals surface area contributed by atoms with E-state index in [0.29, 0.717) is 5.41 Å². The normalized spacial score (nSPS) is 17.0. The zero-order chi connectivity index (χ0) is 12.6. The Balaban J connectivity index is 1.79. The first-order valence-corrected chi connectivity index (χ1v) is 7.25. The Morgan fingerprint density at radius 1 is 1.44 bits per heavy atom. The molecule has 0 bridgehead atoms. The molecular weight excluding hydrogens is 244 g/mol. The van der Waals surface area contributed by atoms with Crippen LogP contribution >= 0.6 is 11.3 Å². The third kappa shape index (κ3) is 2.08. The van der Waals surface area contributed by atoms with Crippen LogP contribution in [0.2, 0.25) is 0 Å². The summed E-state index contributed by atoms with van der Waals surface area (Å²) in [6, 6.07) is 0. The van der Waals surface area contributed by atoms with Gasteiger partial charge in [-0.3, -0.25) is 0 Å². The van der Waals surface area contributed by atoms with Crippen molar-refractivity contribution in [3.63, 3.8) is 0 Å². The molecule has 3 N–H and O–H groups in total. The average molecular weight is 262 g/mol. The Bertz CT molecular complexity index is 559. The summed E-state index contributed by atoms with van der Waals surface area (Å²) in [5.41, 5.74) is 8.39. The number of hydrogen-bond acceptors (Lipinski definition) is 5. The molecule has 2 heterocycles. The topological polar surface area (TPSA) is 63.8 Å². The van der Waals surface area contributed by atoms with Crippen molar-refractivity contribution < 1.29 is 0 Å². The lowest BCUT2D eigenvalue weighted by Gasteiger charge is -2.15. The van der Waals surface area contributed by atoms with Gasteiger partial charge in [0.1, 0.15) is 12.1 Å². The number of anilines is 1. The third-order valence-electron chi connectivity index (χ3n) is 3.79. The van der Waals surface area contributed by atoms with Crippen molar-refractivity contribution in [3.8, 4) is 0 Å². The van der Waals surface area contributed by atoms with E-state index in [1.165, 1.54) is 23.1 Å². The molecule has 0 atom stereocenters. The smallest absolute Gasteiger partial charge is 0.147 e. The van der Waals surface area contributed by atoms with E-state index in [1.54, 1.807) is 17.7 Å². The Morgan fingerprint density at radius 3 is 3.00 bits per heavy atom. The first-order valence-electron chi connectivity index (χ1n) is 6.37. The van der Waals surface area contributed by atoms with Gasteiger partial charge in [-0.1, -0.05) is 0 Å². The molecule has 0 aromatic carbocycles. The van der Waals surface area contributed by atoms with Gasteiger partial charge in [0.05, 0.1) is 10.2 Å². The molecule has 18 heavy (non-hydrogen) atoms. The summed E-state index contributed by atoms with van der Waals surface area (Å²) in [4.78, 5) is 8.71. The number of fused-ring (bicyclic) bond motifs is 1. The van der Waals surface area contributed by atoms with Crippen molar-refractivity contribution in [1.82, 2.24) is 9.97 Å². The lowest BCUT2D eigenvalue weighted by molar-refractivity contribution is 0.501. The Hall–Kier alpha value is -1.20. The van der Waals surface area contributed by atoms with Crippen LogP contribution in [0, 0.1) is 12.3 Å². The molecule has 0 saturated heterocycles. The molecule has 0 amide bonds. The average Bonchev–Trinajstić information content (AvgIpc) is 3.04. The molecule has 2 aromatic heterocycles. The molecule has 3 rings (SSSR count). The number of hydrogen-bond donors (Lipinski definition) is 2. The Kier molecular flexibility index (Phi) is 2.95. The quantitative estimate of drug-likeness (QED) is 0.869. The van der Waals surface area contributed by atoms with Gasteiger partial charge in [-0.25, -0.2) is 9.97 Å². The molecule has 96 valence electrons. The fourth-order valence-corrected chi connectivity index (χ4v) is 3.33. The summed E-state index contributed by atoms with van der Waals surface area (Å²) in [5, 5.41) is 5.63. The molecule has 0 radical (unpaired) electrons. The molecule has 1 aliphatic carbocycles. The minimum absolute atomic E-state index is 0.429. The number of nitrogens with one attached hydrogen (secondary N) is 1. The highest BCUT2D eigenvalue weighted by molar-refractivity contribution is 7.18. The van der Waals surface area contributed by atoms with E-state index in [9.17, 15) is 0 Å². The number of nitrogens with two attached hydrogens (primary N) is 1. The molecule has 0 spiro atoms. The number of nitrogens with zero attached hydrogens (tertiary/aromatic N) is 2. The van der Waals surface area contributed by atoms with Gasteiger partial charge in [-0.15, -0.1) is 11.3 Å². The summed E-state index contributed by atoms with van der Waals surface area (Å²) >= 11 is 1.71. The minimum atomic E-state index is 0.429. The van der Waals surface area contributed by atoms with E-state index >= 15 is 0 Å². The molecule has 0 aliphatic heterocycles. The van der Waals surface area contributed by atoms with Gasteiger partial charge in [0.15, 0.2) is 0 Å². The van der Waals surface area contributed by atoms with E-state index in [4.69, 9.17) is 5.73 Å². The largest absolute Gasteiger partial charge is 0.368 e. The van der Waals surface area contributed by atoms with Crippen molar-refractivity contribution in [2.45, 2.75) is 26.2 Å². The van der Waals surface area contributed by atoms with E-state index in [1.807, 2.05) is 0 Å². The van der Waals surface area contributed by atoms with Crippen LogP contribution in [0.1, 0.15) is 24.8 Å².